The van der Waals surface area contributed by atoms with Crippen LogP contribution >= 0.6 is 0 Å². The standard InChI is InChI=1S/C26H26FN5O2/c1-26(2,34)15-29-22-13-21(16-7-9-19(27)10-8-16)31-32-23(14-28-24(22)32)17-3-5-18(6-4-17)25(33)30-20-11-12-20/h3-10,13-14,20,29,34H,11-12,15H2,1-2H3,(H,30,33). The molecule has 0 aliphatic heterocycles. The van der Waals surface area contributed by atoms with Gasteiger partial charge in [0.1, 0.15) is 5.82 Å². The lowest BCUT2D eigenvalue weighted by Crippen LogP contribution is -2.29. The van der Waals surface area contributed by atoms with Gasteiger partial charge in [-0.1, -0.05) is 12.1 Å². The first kappa shape index (κ1) is 22.0. The Kier molecular flexibility index (Phi) is 5.53. The highest BCUT2D eigenvalue weighted by molar-refractivity contribution is 5.95. The molecule has 1 aliphatic rings. The summed E-state index contributed by atoms with van der Waals surface area (Å²) in [5.41, 5.74) is 3.96. The summed E-state index contributed by atoms with van der Waals surface area (Å²) in [6.45, 7) is 3.75. The molecule has 0 saturated heterocycles. The van der Waals surface area contributed by atoms with Gasteiger partial charge < -0.3 is 15.7 Å². The molecule has 0 unspecified atom stereocenters. The maximum atomic E-state index is 13.5. The Morgan fingerprint density at radius 2 is 1.79 bits per heavy atom. The first-order chi connectivity index (χ1) is 16.3. The van der Waals surface area contributed by atoms with E-state index in [0.29, 0.717) is 35.2 Å². The molecule has 7 nitrogen and oxygen atoms in total. The van der Waals surface area contributed by atoms with Gasteiger partial charge in [-0.05, 0) is 69.2 Å². The molecule has 0 bridgehead atoms. The molecule has 1 amide bonds. The van der Waals surface area contributed by atoms with E-state index >= 15 is 0 Å². The van der Waals surface area contributed by atoms with Crippen LogP contribution in [0.5, 0.6) is 0 Å². The van der Waals surface area contributed by atoms with Crippen molar-refractivity contribution in [2.45, 2.75) is 38.3 Å². The molecule has 2 aromatic carbocycles. The lowest BCUT2D eigenvalue weighted by Gasteiger charge is -2.19. The molecule has 1 fully saturated rings. The Hall–Kier alpha value is -3.78. The van der Waals surface area contributed by atoms with Gasteiger partial charge in [-0.25, -0.2) is 13.9 Å². The summed E-state index contributed by atoms with van der Waals surface area (Å²) in [4.78, 5) is 16.9. The molecule has 1 aliphatic carbocycles. The number of carbonyl (C=O) groups excluding carboxylic acids is 1. The van der Waals surface area contributed by atoms with Crippen LogP contribution in [0.1, 0.15) is 37.0 Å². The molecule has 1 saturated carbocycles. The van der Waals surface area contributed by atoms with Gasteiger partial charge in [0.05, 0.1) is 28.9 Å². The van der Waals surface area contributed by atoms with Gasteiger partial charge in [-0.15, -0.1) is 0 Å². The van der Waals surface area contributed by atoms with Gasteiger partial charge in [0.2, 0.25) is 0 Å². The van der Waals surface area contributed by atoms with E-state index in [1.165, 1.54) is 12.1 Å². The predicted octanol–water partition coefficient (Wildman–Crippen LogP) is 4.28. The second kappa shape index (κ2) is 8.53. The highest BCUT2D eigenvalue weighted by atomic mass is 19.1. The third-order valence-corrected chi connectivity index (χ3v) is 5.67. The molecular weight excluding hydrogens is 433 g/mol. The van der Waals surface area contributed by atoms with Crippen molar-refractivity contribution in [1.29, 1.82) is 0 Å². The van der Waals surface area contributed by atoms with Crippen LogP contribution in [0.4, 0.5) is 10.1 Å². The summed E-state index contributed by atoms with van der Waals surface area (Å²) >= 11 is 0. The van der Waals surface area contributed by atoms with Crippen LogP contribution in [-0.4, -0.2) is 43.8 Å². The molecule has 2 heterocycles. The number of nitrogens with one attached hydrogen (secondary N) is 2. The monoisotopic (exact) mass is 459 g/mol. The minimum atomic E-state index is -0.928. The Bertz CT molecular complexity index is 1340. The summed E-state index contributed by atoms with van der Waals surface area (Å²) in [5.74, 6) is -0.388. The fourth-order valence-electron chi connectivity index (χ4n) is 3.66. The molecular formula is C26H26FN5O2. The van der Waals surface area contributed by atoms with Crippen molar-refractivity contribution in [2.24, 2.45) is 0 Å². The van der Waals surface area contributed by atoms with E-state index in [2.05, 4.69) is 15.6 Å². The average molecular weight is 460 g/mol. The van der Waals surface area contributed by atoms with Crippen LogP contribution in [0.3, 0.4) is 0 Å². The van der Waals surface area contributed by atoms with Crippen LogP contribution < -0.4 is 10.6 Å². The molecule has 174 valence electrons. The quantitative estimate of drug-likeness (QED) is 0.384. The Morgan fingerprint density at radius 1 is 1.12 bits per heavy atom. The van der Waals surface area contributed by atoms with Crippen molar-refractivity contribution in [3.8, 4) is 22.5 Å². The zero-order valence-corrected chi connectivity index (χ0v) is 19.0. The third kappa shape index (κ3) is 4.77. The maximum Gasteiger partial charge on any atom is 0.251 e. The minimum Gasteiger partial charge on any atom is -0.389 e. The van der Waals surface area contributed by atoms with E-state index < -0.39 is 5.60 Å². The number of fused-ring (bicyclic) bond motifs is 1. The zero-order chi connectivity index (χ0) is 23.9. The fraction of sp³-hybridized carbons (Fsp3) is 0.269. The summed E-state index contributed by atoms with van der Waals surface area (Å²) < 4.78 is 15.2. The molecule has 0 atom stereocenters. The van der Waals surface area contributed by atoms with Gasteiger partial charge in [-0.2, -0.15) is 5.10 Å². The van der Waals surface area contributed by atoms with Crippen molar-refractivity contribution in [3.63, 3.8) is 0 Å². The van der Waals surface area contributed by atoms with E-state index in [0.717, 1.165) is 29.7 Å². The van der Waals surface area contributed by atoms with Crippen molar-refractivity contribution >= 4 is 17.2 Å². The number of halogens is 1. The highest BCUT2D eigenvalue weighted by Gasteiger charge is 2.24. The lowest BCUT2D eigenvalue weighted by atomic mass is 10.1. The highest BCUT2D eigenvalue weighted by Crippen LogP contribution is 2.29. The first-order valence-corrected chi connectivity index (χ1v) is 11.3. The Labute approximate surface area is 196 Å². The molecule has 0 spiro atoms. The lowest BCUT2D eigenvalue weighted by molar-refractivity contribution is 0.0940. The van der Waals surface area contributed by atoms with E-state index in [4.69, 9.17) is 5.10 Å². The smallest absolute Gasteiger partial charge is 0.251 e. The second-order valence-corrected chi connectivity index (χ2v) is 9.32. The summed E-state index contributed by atoms with van der Waals surface area (Å²) in [7, 11) is 0. The van der Waals surface area contributed by atoms with E-state index in [1.54, 1.807) is 48.8 Å². The minimum absolute atomic E-state index is 0.0676. The van der Waals surface area contributed by atoms with Crippen LogP contribution in [0, 0.1) is 5.82 Å². The average Bonchev–Trinajstić information content (AvgIpc) is 3.52. The number of amides is 1. The van der Waals surface area contributed by atoms with Crippen LogP contribution in [0.15, 0.2) is 60.8 Å². The van der Waals surface area contributed by atoms with Crippen molar-refractivity contribution < 1.29 is 14.3 Å². The number of nitrogens with zero attached hydrogens (tertiary/aromatic N) is 3. The molecule has 5 rings (SSSR count). The van der Waals surface area contributed by atoms with E-state index in [-0.39, 0.29) is 11.7 Å². The second-order valence-electron chi connectivity index (χ2n) is 9.32. The number of benzene rings is 2. The molecule has 34 heavy (non-hydrogen) atoms. The third-order valence-electron chi connectivity index (χ3n) is 5.67. The topological polar surface area (TPSA) is 91.5 Å². The molecule has 8 heteroatoms. The van der Waals surface area contributed by atoms with E-state index in [1.807, 2.05) is 18.2 Å². The normalized spacial score (nSPS) is 13.8. The van der Waals surface area contributed by atoms with Crippen molar-refractivity contribution in [1.82, 2.24) is 19.9 Å². The summed E-state index contributed by atoms with van der Waals surface area (Å²) in [6, 6.07) is 15.6. The number of hydrogen-bond donors (Lipinski definition) is 3. The fourth-order valence-corrected chi connectivity index (χ4v) is 3.66. The number of rotatable bonds is 7. The number of carbonyl (C=O) groups is 1. The maximum absolute atomic E-state index is 13.5. The largest absolute Gasteiger partial charge is 0.389 e. The Balaban J connectivity index is 1.55. The zero-order valence-electron chi connectivity index (χ0n) is 19.0. The molecule has 3 N–H and O–H groups in total. The molecule has 0 radical (unpaired) electrons. The Morgan fingerprint density at radius 3 is 2.44 bits per heavy atom. The number of imidazole rings is 1. The number of hydrogen-bond acceptors (Lipinski definition) is 5. The van der Waals surface area contributed by atoms with Gasteiger partial charge in [-0.3, -0.25) is 4.79 Å². The summed E-state index contributed by atoms with van der Waals surface area (Å²) in [6.07, 6.45) is 3.81. The first-order valence-electron chi connectivity index (χ1n) is 11.3. The van der Waals surface area contributed by atoms with Crippen molar-refractivity contribution in [3.05, 3.63) is 72.2 Å². The van der Waals surface area contributed by atoms with Crippen molar-refractivity contribution in [2.75, 3.05) is 11.9 Å². The van der Waals surface area contributed by atoms with Gasteiger partial charge in [0.25, 0.3) is 5.91 Å². The van der Waals surface area contributed by atoms with Gasteiger partial charge in [0, 0.05) is 29.3 Å². The number of aromatic nitrogens is 3. The van der Waals surface area contributed by atoms with Gasteiger partial charge >= 0.3 is 0 Å². The van der Waals surface area contributed by atoms with E-state index in [9.17, 15) is 14.3 Å². The number of aliphatic hydroxyl groups is 1. The summed E-state index contributed by atoms with van der Waals surface area (Å²) in [5, 5.41) is 21.2. The van der Waals surface area contributed by atoms with Crippen LogP contribution in [0.25, 0.3) is 28.2 Å². The molecule has 2 aromatic heterocycles. The molecule has 4 aromatic rings. The SMILES string of the molecule is CC(C)(O)CNc1cc(-c2ccc(F)cc2)nn2c(-c3ccc(C(=O)NC4CC4)cc3)cnc12. The van der Waals surface area contributed by atoms with Crippen LogP contribution in [0.2, 0.25) is 0 Å². The van der Waals surface area contributed by atoms with Crippen LogP contribution in [-0.2, 0) is 0 Å². The predicted molar refractivity (Wildman–Crippen MR) is 129 cm³/mol. The number of anilines is 1. The van der Waals surface area contributed by atoms with Gasteiger partial charge in [0.15, 0.2) is 5.65 Å².